The van der Waals surface area contributed by atoms with Crippen molar-refractivity contribution in [3.63, 3.8) is 0 Å². The summed E-state index contributed by atoms with van der Waals surface area (Å²) >= 11 is 0. The summed E-state index contributed by atoms with van der Waals surface area (Å²) in [5, 5.41) is 9.42. The molecule has 132 valence electrons. The summed E-state index contributed by atoms with van der Waals surface area (Å²) < 4.78 is 0. The molecule has 0 spiro atoms. The first-order chi connectivity index (χ1) is 12.8. The predicted octanol–water partition coefficient (Wildman–Crippen LogP) is 6.58. The third kappa shape index (κ3) is 3.99. The van der Waals surface area contributed by atoms with Crippen molar-refractivity contribution in [1.29, 1.82) is 0 Å². The lowest BCUT2D eigenvalue weighted by Crippen LogP contribution is -2.15. The Bertz CT molecular complexity index is 810. The number of aromatic hydroxyl groups is 1. The van der Waals surface area contributed by atoms with Crippen molar-refractivity contribution >= 4 is 0 Å². The van der Waals surface area contributed by atoms with Gasteiger partial charge in [-0.1, -0.05) is 66.7 Å². The van der Waals surface area contributed by atoms with Crippen LogP contribution >= 0.6 is 0 Å². The van der Waals surface area contributed by atoms with E-state index in [9.17, 15) is 5.11 Å². The van der Waals surface area contributed by atoms with Crippen molar-refractivity contribution in [3.8, 4) is 16.9 Å². The first kappa shape index (κ1) is 16.9. The number of hydrogen-bond acceptors (Lipinski definition) is 1. The normalized spacial score (nSPS) is 20.0. The van der Waals surface area contributed by atoms with Gasteiger partial charge in [-0.3, -0.25) is 0 Å². The Morgan fingerprint density at radius 1 is 0.654 bits per heavy atom. The second kappa shape index (κ2) is 7.78. The average Bonchev–Trinajstić information content (AvgIpc) is 2.71. The zero-order valence-corrected chi connectivity index (χ0v) is 15.1. The molecule has 0 radical (unpaired) electrons. The van der Waals surface area contributed by atoms with Gasteiger partial charge in [0.1, 0.15) is 5.75 Å². The van der Waals surface area contributed by atoms with Gasteiger partial charge in [-0.2, -0.15) is 0 Å². The van der Waals surface area contributed by atoms with E-state index in [1.165, 1.54) is 47.9 Å². The molecule has 0 saturated heterocycles. The highest BCUT2D eigenvalue weighted by Crippen LogP contribution is 2.37. The molecular formula is C25H26O. The second-order valence-corrected chi connectivity index (χ2v) is 7.58. The van der Waals surface area contributed by atoms with Crippen molar-refractivity contribution in [2.24, 2.45) is 5.92 Å². The Morgan fingerprint density at radius 2 is 1.27 bits per heavy atom. The first-order valence-electron chi connectivity index (χ1n) is 9.71. The minimum atomic E-state index is 0.358. The van der Waals surface area contributed by atoms with E-state index in [1.807, 2.05) is 0 Å². The van der Waals surface area contributed by atoms with E-state index in [4.69, 9.17) is 0 Å². The van der Waals surface area contributed by atoms with Crippen LogP contribution in [0.2, 0.25) is 0 Å². The third-order valence-electron chi connectivity index (χ3n) is 5.80. The lowest BCUT2D eigenvalue weighted by Gasteiger charge is -2.29. The summed E-state index contributed by atoms with van der Waals surface area (Å²) in [6, 6.07) is 27.5. The van der Waals surface area contributed by atoms with Crippen LogP contribution in [0.3, 0.4) is 0 Å². The van der Waals surface area contributed by atoms with Gasteiger partial charge in [-0.05, 0) is 78.3 Å². The Hall–Kier alpha value is -2.54. The van der Waals surface area contributed by atoms with Crippen molar-refractivity contribution in [1.82, 2.24) is 0 Å². The fourth-order valence-electron chi connectivity index (χ4n) is 4.24. The van der Waals surface area contributed by atoms with Gasteiger partial charge in [0.15, 0.2) is 0 Å². The van der Waals surface area contributed by atoms with Gasteiger partial charge in [0, 0.05) is 0 Å². The Balaban J connectivity index is 1.35. The maximum Gasteiger partial charge on any atom is 0.115 e. The Morgan fingerprint density at radius 3 is 1.92 bits per heavy atom. The molecule has 26 heavy (non-hydrogen) atoms. The molecule has 1 aliphatic carbocycles. The molecule has 0 unspecified atom stereocenters. The molecule has 1 saturated carbocycles. The van der Waals surface area contributed by atoms with Crippen molar-refractivity contribution in [3.05, 3.63) is 90.0 Å². The highest BCUT2D eigenvalue weighted by Gasteiger charge is 2.22. The van der Waals surface area contributed by atoms with E-state index < -0.39 is 0 Å². The van der Waals surface area contributed by atoms with E-state index >= 15 is 0 Å². The maximum atomic E-state index is 9.42. The summed E-state index contributed by atoms with van der Waals surface area (Å²) in [6.45, 7) is 0. The van der Waals surface area contributed by atoms with Crippen LogP contribution in [0.4, 0.5) is 0 Å². The van der Waals surface area contributed by atoms with E-state index in [1.54, 1.807) is 12.1 Å². The molecule has 1 nitrogen and oxygen atoms in total. The quantitative estimate of drug-likeness (QED) is 0.568. The molecule has 0 aliphatic heterocycles. The van der Waals surface area contributed by atoms with Crippen molar-refractivity contribution in [2.45, 2.75) is 38.0 Å². The lowest BCUT2D eigenvalue weighted by molar-refractivity contribution is 0.324. The lowest BCUT2D eigenvalue weighted by atomic mass is 9.76. The summed E-state index contributed by atoms with van der Waals surface area (Å²) in [5.74, 6) is 1.84. The monoisotopic (exact) mass is 342 g/mol. The van der Waals surface area contributed by atoms with Crippen LogP contribution in [0.25, 0.3) is 11.1 Å². The number of phenolic OH excluding ortho intramolecular Hbond substituents is 1. The van der Waals surface area contributed by atoms with Gasteiger partial charge in [0.25, 0.3) is 0 Å². The highest BCUT2D eigenvalue weighted by molar-refractivity contribution is 5.63. The third-order valence-corrected chi connectivity index (χ3v) is 5.80. The minimum absolute atomic E-state index is 0.358. The average molecular weight is 342 g/mol. The zero-order valence-electron chi connectivity index (χ0n) is 15.1. The van der Waals surface area contributed by atoms with Crippen molar-refractivity contribution in [2.75, 3.05) is 0 Å². The Kier molecular flexibility index (Phi) is 5.06. The van der Waals surface area contributed by atoms with Gasteiger partial charge in [-0.25, -0.2) is 0 Å². The smallest absolute Gasteiger partial charge is 0.115 e. The highest BCUT2D eigenvalue weighted by atomic mass is 16.3. The number of phenols is 1. The molecule has 4 rings (SSSR count). The number of benzene rings is 3. The van der Waals surface area contributed by atoms with Crippen LogP contribution in [0.15, 0.2) is 78.9 Å². The molecule has 0 aromatic heterocycles. The van der Waals surface area contributed by atoms with Crippen LogP contribution in [0.1, 0.15) is 42.7 Å². The predicted molar refractivity (Wildman–Crippen MR) is 108 cm³/mol. The van der Waals surface area contributed by atoms with Crippen LogP contribution in [-0.4, -0.2) is 5.11 Å². The summed E-state index contributed by atoms with van der Waals surface area (Å²) in [7, 11) is 0. The van der Waals surface area contributed by atoms with E-state index in [0.717, 1.165) is 12.3 Å². The van der Waals surface area contributed by atoms with E-state index in [-0.39, 0.29) is 0 Å². The molecule has 0 bridgehead atoms. The van der Waals surface area contributed by atoms with Gasteiger partial charge in [0.2, 0.25) is 0 Å². The van der Waals surface area contributed by atoms with Crippen LogP contribution < -0.4 is 0 Å². The van der Waals surface area contributed by atoms with Gasteiger partial charge >= 0.3 is 0 Å². The van der Waals surface area contributed by atoms with Crippen LogP contribution in [0.5, 0.6) is 5.75 Å². The maximum absolute atomic E-state index is 9.42. The fraction of sp³-hybridized carbons (Fsp3) is 0.280. The fourth-order valence-corrected chi connectivity index (χ4v) is 4.24. The molecule has 1 aliphatic rings. The number of rotatable bonds is 4. The zero-order chi connectivity index (χ0) is 17.8. The molecule has 3 aromatic carbocycles. The molecule has 1 fully saturated rings. The molecule has 0 atom stereocenters. The summed E-state index contributed by atoms with van der Waals surface area (Å²) in [5.41, 5.74) is 5.43. The summed E-state index contributed by atoms with van der Waals surface area (Å²) in [4.78, 5) is 0. The molecule has 0 amide bonds. The van der Waals surface area contributed by atoms with E-state index in [0.29, 0.717) is 11.7 Å². The number of hydrogen-bond donors (Lipinski definition) is 1. The van der Waals surface area contributed by atoms with Gasteiger partial charge in [-0.15, -0.1) is 0 Å². The molecule has 0 heterocycles. The van der Waals surface area contributed by atoms with Gasteiger partial charge < -0.3 is 5.11 Å². The van der Waals surface area contributed by atoms with Gasteiger partial charge in [0.05, 0.1) is 0 Å². The van der Waals surface area contributed by atoms with Crippen LogP contribution in [-0.2, 0) is 6.42 Å². The molecular weight excluding hydrogens is 316 g/mol. The van der Waals surface area contributed by atoms with Crippen LogP contribution in [0, 0.1) is 5.92 Å². The molecule has 1 heteroatoms. The minimum Gasteiger partial charge on any atom is -0.508 e. The first-order valence-corrected chi connectivity index (χ1v) is 9.71. The Labute approximate surface area is 156 Å². The topological polar surface area (TPSA) is 20.2 Å². The standard InChI is InChI=1S/C25H26O/c26-25-16-8-20(9-17-25)18-19-6-10-22(11-7-19)24-14-12-23(13-15-24)21-4-2-1-3-5-21/h1-5,8-9,12-17,19,22,26H,6-7,10-11,18H2. The van der Waals surface area contributed by atoms with Crippen molar-refractivity contribution < 1.29 is 5.11 Å². The van der Waals surface area contributed by atoms with E-state index in [2.05, 4.69) is 66.7 Å². The molecule has 3 aromatic rings. The second-order valence-electron chi connectivity index (χ2n) is 7.58. The summed E-state index contributed by atoms with van der Waals surface area (Å²) in [6.07, 6.45) is 6.30. The SMILES string of the molecule is Oc1ccc(CC2CCC(c3ccc(-c4ccccc4)cc3)CC2)cc1. The molecule has 1 N–H and O–H groups in total. The largest absolute Gasteiger partial charge is 0.508 e.